The number of hydrogen-bond donors (Lipinski definition) is 0. The molecule has 0 aromatic carbocycles. The van der Waals surface area contributed by atoms with E-state index in [0.717, 1.165) is 28.7 Å². The minimum Gasteiger partial charge on any atom is -0.336 e. The van der Waals surface area contributed by atoms with Crippen LogP contribution < -0.4 is 0 Å². The van der Waals surface area contributed by atoms with Gasteiger partial charge >= 0.3 is 0 Å². The fourth-order valence-electron chi connectivity index (χ4n) is 2.73. The first kappa shape index (κ1) is 12.9. The fourth-order valence-corrected chi connectivity index (χ4v) is 2.73. The molecule has 7 heteroatoms. The highest BCUT2D eigenvalue weighted by atomic mass is 16.2. The second-order valence-corrected chi connectivity index (χ2v) is 5.30. The molecule has 7 nitrogen and oxygen atoms in total. The number of nitrogens with zero attached hydrogens (tertiary/aromatic N) is 6. The van der Waals surface area contributed by atoms with Crippen LogP contribution in [0.25, 0.3) is 11.0 Å². The van der Waals surface area contributed by atoms with Crippen molar-refractivity contribution in [3.8, 4) is 0 Å². The average Bonchev–Trinajstić information content (AvgIpc) is 3.05. The van der Waals surface area contributed by atoms with E-state index < -0.39 is 0 Å². The first-order valence-electron chi connectivity index (χ1n) is 7.13. The smallest absolute Gasteiger partial charge is 0.244 e. The average molecular weight is 294 g/mol. The Bertz CT molecular complexity index is 829. The van der Waals surface area contributed by atoms with E-state index >= 15 is 0 Å². The largest absolute Gasteiger partial charge is 0.336 e. The number of rotatable bonds is 2. The van der Waals surface area contributed by atoms with E-state index in [9.17, 15) is 4.79 Å². The van der Waals surface area contributed by atoms with Crippen molar-refractivity contribution in [1.29, 1.82) is 0 Å². The van der Waals surface area contributed by atoms with Crippen molar-refractivity contribution in [1.82, 2.24) is 29.6 Å². The number of aromatic nitrogens is 5. The van der Waals surface area contributed by atoms with Crippen molar-refractivity contribution in [2.24, 2.45) is 0 Å². The van der Waals surface area contributed by atoms with Gasteiger partial charge in [0.1, 0.15) is 19.2 Å². The van der Waals surface area contributed by atoms with E-state index in [1.54, 1.807) is 17.2 Å². The van der Waals surface area contributed by atoms with Crippen molar-refractivity contribution >= 4 is 16.9 Å². The predicted octanol–water partition coefficient (Wildman–Crippen LogP) is 0.806. The summed E-state index contributed by atoms with van der Waals surface area (Å²) in [7, 11) is 0. The molecule has 4 rings (SSSR count). The van der Waals surface area contributed by atoms with Gasteiger partial charge in [0.15, 0.2) is 5.65 Å². The third-order valence-electron chi connectivity index (χ3n) is 3.85. The van der Waals surface area contributed by atoms with Crippen LogP contribution in [0.2, 0.25) is 0 Å². The Morgan fingerprint density at radius 2 is 2.32 bits per heavy atom. The Hall–Kier alpha value is -2.83. The van der Waals surface area contributed by atoms with Gasteiger partial charge in [0.2, 0.25) is 5.91 Å². The summed E-state index contributed by atoms with van der Waals surface area (Å²) in [5, 5.41) is 4.98. The molecule has 1 aliphatic heterocycles. The zero-order valence-electron chi connectivity index (χ0n) is 11.9. The Morgan fingerprint density at radius 3 is 3.18 bits per heavy atom. The molecular formula is C15H14N6O. The van der Waals surface area contributed by atoms with Crippen LogP contribution in [-0.4, -0.2) is 42.1 Å². The summed E-state index contributed by atoms with van der Waals surface area (Å²) in [5.41, 5.74) is 2.90. The van der Waals surface area contributed by atoms with Crippen molar-refractivity contribution in [2.75, 3.05) is 6.54 Å². The number of pyridine rings is 2. The summed E-state index contributed by atoms with van der Waals surface area (Å²) in [6.45, 7) is 1.48. The Morgan fingerprint density at radius 1 is 1.36 bits per heavy atom. The lowest BCUT2D eigenvalue weighted by Crippen LogP contribution is -2.38. The molecule has 4 heterocycles. The molecule has 1 amide bonds. The fraction of sp³-hybridized carbons (Fsp3) is 0.267. The van der Waals surface area contributed by atoms with Crippen LogP contribution in [0.5, 0.6) is 0 Å². The Balaban J connectivity index is 1.58. The molecule has 0 atom stereocenters. The second kappa shape index (κ2) is 5.18. The van der Waals surface area contributed by atoms with E-state index in [0.29, 0.717) is 13.1 Å². The van der Waals surface area contributed by atoms with Crippen molar-refractivity contribution in [2.45, 2.75) is 19.5 Å². The van der Waals surface area contributed by atoms with E-state index in [-0.39, 0.29) is 12.5 Å². The van der Waals surface area contributed by atoms with E-state index in [1.165, 1.54) is 6.33 Å². The number of carbonyl (C=O) groups is 1. The molecule has 0 spiro atoms. The second-order valence-electron chi connectivity index (χ2n) is 5.30. The lowest BCUT2D eigenvalue weighted by molar-refractivity contribution is -0.133. The van der Waals surface area contributed by atoms with Gasteiger partial charge in [-0.2, -0.15) is 5.10 Å². The van der Waals surface area contributed by atoms with Crippen LogP contribution >= 0.6 is 0 Å². The standard InChI is InChI=1S/C15H14N6O/c22-14(8-21-10-16-9-18-21)20-5-3-13-12(7-20)6-11-2-1-4-17-15(11)19-13/h1-2,4,6,9-10H,3,5,7-8H2. The third-order valence-corrected chi connectivity index (χ3v) is 3.85. The highest BCUT2D eigenvalue weighted by molar-refractivity contribution is 5.78. The summed E-state index contributed by atoms with van der Waals surface area (Å²) < 4.78 is 1.54. The van der Waals surface area contributed by atoms with Gasteiger partial charge < -0.3 is 4.90 Å². The van der Waals surface area contributed by atoms with Crippen LogP contribution in [0.4, 0.5) is 0 Å². The quantitative estimate of drug-likeness (QED) is 0.699. The van der Waals surface area contributed by atoms with Gasteiger partial charge in [0.25, 0.3) is 0 Å². The van der Waals surface area contributed by atoms with Crippen molar-refractivity contribution < 1.29 is 4.79 Å². The lowest BCUT2D eigenvalue weighted by Gasteiger charge is -2.28. The predicted molar refractivity (Wildman–Crippen MR) is 78.7 cm³/mol. The Kier molecular flexibility index (Phi) is 3.03. The molecule has 0 saturated carbocycles. The molecule has 0 N–H and O–H groups in total. The molecule has 0 fully saturated rings. The number of amides is 1. The first-order valence-corrected chi connectivity index (χ1v) is 7.13. The van der Waals surface area contributed by atoms with Gasteiger partial charge in [0, 0.05) is 36.8 Å². The number of hydrogen-bond acceptors (Lipinski definition) is 5. The van der Waals surface area contributed by atoms with Gasteiger partial charge in [-0.1, -0.05) is 0 Å². The van der Waals surface area contributed by atoms with Crippen LogP contribution in [0.15, 0.2) is 37.1 Å². The Labute approximate surface area is 126 Å². The van der Waals surface area contributed by atoms with Crippen LogP contribution in [0.3, 0.4) is 0 Å². The zero-order valence-corrected chi connectivity index (χ0v) is 11.9. The summed E-state index contributed by atoms with van der Waals surface area (Å²) >= 11 is 0. The molecule has 3 aromatic heterocycles. The molecule has 3 aromatic rings. The summed E-state index contributed by atoms with van der Waals surface area (Å²) in [6.07, 6.45) is 5.49. The monoisotopic (exact) mass is 294 g/mol. The maximum Gasteiger partial charge on any atom is 0.244 e. The van der Waals surface area contributed by atoms with E-state index in [1.807, 2.05) is 17.0 Å². The van der Waals surface area contributed by atoms with Gasteiger partial charge in [-0.15, -0.1) is 0 Å². The number of fused-ring (bicyclic) bond motifs is 2. The SMILES string of the molecule is O=C(Cn1cncn1)N1CCc2nc3ncccc3cc2C1. The molecule has 0 saturated heterocycles. The van der Waals surface area contributed by atoms with Crippen LogP contribution in [-0.2, 0) is 24.3 Å². The van der Waals surface area contributed by atoms with Crippen molar-refractivity contribution in [3.63, 3.8) is 0 Å². The van der Waals surface area contributed by atoms with E-state index in [4.69, 9.17) is 0 Å². The van der Waals surface area contributed by atoms with Crippen molar-refractivity contribution in [3.05, 3.63) is 48.3 Å². The molecule has 0 unspecified atom stereocenters. The minimum absolute atomic E-state index is 0.0439. The molecule has 110 valence electrons. The molecule has 1 aliphatic rings. The highest BCUT2D eigenvalue weighted by Crippen LogP contribution is 2.21. The zero-order chi connectivity index (χ0) is 14.9. The maximum atomic E-state index is 12.3. The van der Waals surface area contributed by atoms with Gasteiger partial charge in [-0.25, -0.2) is 19.6 Å². The van der Waals surface area contributed by atoms with Crippen LogP contribution in [0.1, 0.15) is 11.3 Å². The minimum atomic E-state index is 0.0439. The molecule has 0 aliphatic carbocycles. The molecular weight excluding hydrogens is 280 g/mol. The topological polar surface area (TPSA) is 76.8 Å². The van der Waals surface area contributed by atoms with Crippen LogP contribution in [0, 0.1) is 0 Å². The molecule has 0 radical (unpaired) electrons. The summed E-state index contributed by atoms with van der Waals surface area (Å²) in [6, 6.07) is 5.97. The molecule has 0 bridgehead atoms. The lowest BCUT2D eigenvalue weighted by atomic mass is 10.0. The summed E-state index contributed by atoms with van der Waals surface area (Å²) in [5.74, 6) is 0.0439. The van der Waals surface area contributed by atoms with E-state index in [2.05, 4.69) is 26.1 Å². The third kappa shape index (κ3) is 2.30. The highest BCUT2D eigenvalue weighted by Gasteiger charge is 2.22. The van der Waals surface area contributed by atoms with Gasteiger partial charge in [0.05, 0.1) is 0 Å². The van der Waals surface area contributed by atoms with Gasteiger partial charge in [-0.3, -0.25) is 4.79 Å². The number of carbonyl (C=O) groups excluding carboxylic acids is 1. The normalized spacial score (nSPS) is 14.1. The molecule has 22 heavy (non-hydrogen) atoms. The maximum absolute atomic E-state index is 12.3. The first-order chi connectivity index (χ1) is 10.8. The van der Waals surface area contributed by atoms with Gasteiger partial charge in [-0.05, 0) is 23.8 Å². The summed E-state index contributed by atoms with van der Waals surface area (Å²) in [4.78, 5) is 26.9.